The third kappa shape index (κ3) is 6.40. The zero-order valence-electron chi connectivity index (χ0n) is 12.8. The first-order chi connectivity index (χ1) is 9.81. The van der Waals surface area contributed by atoms with Crippen LogP contribution in [-0.2, 0) is 16.1 Å². The molecule has 2 N–H and O–H groups in total. The zero-order valence-corrected chi connectivity index (χ0v) is 14.5. The van der Waals surface area contributed by atoms with E-state index < -0.39 is 0 Å². The van der Waals surface area contributed by atoms with Crippen LogP contribution in [0.4, 0.5) is 5.69 Å². The molecule has 0 atom stereocenters. The molecule has 1 fully saturated rings. The number of carbonyl (C=O) groups excluding carboxylic acids is 1. The highest BCUT2D eigenvalue weighted by Crippen LogP contribution is 2.21. The van der Waals surface area contributed by atoms with Crippen molar-refractivity contribution in [3.63, 3.8) is 0 Å². The lowest BCUT2D eigenvalue weighted by Crippen LogP contribution is -2.37. The molecule has 0 radical (unpaired) electrons. The Morgan fingerprint density at radius 3 is 2.59 bits per heavy atom. The first kappa shape index (κ1) is 21.0. The predicted molar refractivity (Wildman–Crippen MR) is 94.4 cm³/mol. The second-order valence-electron chi connectivity index (χ2n) is 4.86. The molecule has 0 bridgehead atoms. The lowest BCUT2D eigenvalue weighted by atomic mass is 10.1. The molecular weight excluding hydrogens is 325 g/mol. The SMILES string of the molecule is CNCCC(=O)NCc1ccccc1N1CCOCC1.Cl.Cl. The minimum atomic E-state index is 0. The number of nitrogens with one attached hydrogen (secondary N) is 2. The number of ether oxygens (including phenoxy) is 1. The molecular formula is C15H25Cl2N3O2. The molecule has 7 heteroatoms. The van der Waals surface area contributed by atoms with Crippen LogP contribution in [0.25, 0.3) is 0 Å². The van der Waals surface area contributed by atoms with E-state index in [-0.39, 0.29) is 30.7 Å². The van der Waals surface area contributed by atoms with Crippen molar-refractivity contribution in [2.75, 3.05) is 44.8 Å². The van der Waals surface area contributed by atoms with E-state index in [2.05, 4.69) is 27.7 Å². The Morgan fingerprint density at radius 1 is 1.23 bits per heavy atom. The van der Waals surface area contributed by atoms with Gasteiger partial charge in [0.25, 0.3) is 0 Å². The third-order valence-electron chi connectivity index (χ3n) is 3.42. The molecule has 2 rings (SSSR count). The van der Waals surface area contributed by atoms with Crippen LogP contribution >= 0.6 is 24.8 Å². The van der Waals surface area contributed by atoms with E-state index in [1.165, 1.54) is 5.69 Å². The number of amides is 1. The van der Waals surface area contributed by atoms with E-state index >= 15 is 0 Å². The average Bonchev–Trinajstić information content (AvgIpc) is 2.52. The number of benzene rings is 1. The van der Waals surface area contributed by atoms with Crippen LogP contribution in [0.3, 0.4) is 0 Å². The maximum absolute atomic E-state index is 11.7. The van der Waals surface area contributed by atoms with Gasteiger partial charge in [-0.25, -0.2) is 0 Å². The Bertz CT molecular complexity index is 441. The van der Waals surface area contributed by atoms with Gasteiger partial charge < -0.3 is 20.3 Å². The summed E-state index contributed by atoms with van der Waals surface area (Å²) in [4.78, 5) is 14.0. The second kappa shape index (κ2) is 11.5. The molecule has 1 saturated heterocycles. The highest BCUT2D eigenvalue weighted by molar-refractivity contribution is 5.85. The minimum Gasteiger partial charge on any atom is -0.378 e. The van der Waals surface area contributed by atoms with Crippen molar-refractivity contribution in [2.45, 2.75) is 13.0 Å². The summed E-state index contributed by atoms with van der Waals surface area (Å²) in [7, 11) is 1.85. The number of halogens is 2. The number of hydrogen-bond acceptors (Lipinski definition) is 4. The molecule has 5 nitrogen and oxygen atoms in total. The molecule has 1 aromatic carbocycles. The van der Waals surface area contributed by atoms with Gasteiger partial charge in [-0.3, -0.25) is 4.79 Å². The van der Waals surface area contributed by atoms with Crippen molar-refractivity contribution < 1.29 is 9.53 Å². The molecule has 0 saturated carbocycles. The average molecular weight is 350 g/mol. The van der Waals surface area contributed by atoms with E-state index in [4.69, 9.17) is 4.74 Å². The van der Waals surface area contributed by atoms with Gasteiger partial charge in [0, 0.05) is 38.3 Å². The molecule has 126 valence electrons. The fraction of sp³-hybridized carbons (Fsp3) is 0.533. The molecule has 1 aromatic rings. The first-order valence-corrected chi connectivity index (χ1v) is 7.13. The fourth-order valence-corrected chi connectivity index (χ4v) is 2.29. The van der Waals surface area contributed by atoms with E-state index in [1.807, 2.05) is 19.2 Å². The van der Waals surface area contributed by atoms with E-state index in [0.717, 1.165) is 31.9 Å². The van der Waals surface area contributed by atoms with Crippen LogP contribution in [-0.4, -0.2) is 45.8 Å². The van der Waals surface area contributed by atoms with E-state index in [9.17, 15) is 4.79 Å². The molecule has 1 heterocycles. The number of anilines is 1. The van der Waals surface area contributed by atoms with Gasteiger partial charge in [0.2, 0.25) is 5.91 Å². The molecule has 1 aliphatic heterocycles. The molecule has 1 aliphatic rings. The van der Waals surface area contributed by atoms with Gasteiger partial charge in [-0.15, -0.1) is 24.8 Å². The normalized spacial score (nSPS) is 13.8. The van der Waals surface area contributed by atoms with Gasteiger partial charge in [-0.2, -0.15) is 0 Å². The Kier molecular flexibility index (Phi) is 11.0. The number of carbonyl (C=O) groups is 1. The van der Waals surface area contributed by atoms with E-state index in [1.54, 1.807) is 0 Å². The van der Waals surface area contributed by atoms with Crippen LogP contribution in [0.1, 0.15) is 12.0 Å². The summed E-state index contributed by atoms with van der Waals surface area (Å²) in [5.74, 6) is 0.0798. The quantitative estimate of drug-likeness (QED) is 0.818. The molecule has 0 spiro atoms. The Morgan fingerprint density at radius 2 is 1.91 bits per heavy atom. The summed E-state index contributed by atoms with van der Waals surface area (Å²) in [6, 6.07) is 8.24. The van der Waals surface area contributed by atoms with Gasteiger partial charge in [0.05, 0.1) is 13.2 Å². The monoisotopic (exact) mass is 349 g/mol. The molecule has 0 unspecified atom stereocenters. The summed E-state index contributed by atoms with van der Waals surface area (Å²) >= 11 is 0. The molecule has 1 amide bonds. The molecule has 22 heavy (non-hydrogen) atoms. The Labute approximate surface area is 144 Å². The Balaban J connectivity index is 0.00000220. The maximum Gasteiger partial charge on any atom is 0.221 e. The summed E-state index contributed by atoms with van der Waals surface area (Å²) in [5.41, 5.74) is 2.36. The summed E-state index contributed by atoms with van der Waals surface area (Å²) in [5, 5.41) is 5.95. The van der Waals surface area contributed by atoms with Crippen LogP contribution in [0.5, 0.6) is 0 Å². The van der Waals surface area contributed by atoms with Crippen molar-refractivity contribution in [2.24, 2.45) is 0 Å². The number of morpholine rings is 1. The number of para-hydroxylation sites is 1. The van der Waals surface area contributed by atoms with Gasteiger partial charge in [-0.05, 0) is 18.7 Å². The summed E-state index contributed by atoms with van der Waals surface area (Å²) in [6.45, 7) is 4.63. The summed E-state index contributed by atoms with van der Waals surface area (Å²) in [6.07, 6.45) is 0.510. The molecule has 0 aliphatic carbocycles. The van der Waals surface area contributed by atoms with Crippen LogP contribution in [0, 0.1) is 0 Å². The van der Waals surface area contributed by atoms with Crippen molar-refractivity contribution in [3.05, 3.63) is 29.8 Å². The predicted octanol–water partition coefficient (Wildman–Crippen LogP) is 1.59. The zero-order chi connectivity index (χ0) is 14.2. The highest BCUT2D eigenvalue weighted by atomic mass is 35.5. The smallest absolute Gasteiger partial charge is 0.221 e. The van der Waals surface area contributed by atoms with Gasteiger partial charge in [-0.1, -0.05) is 18.2 Å². The van der Waals surface area contributed by atoms with Crippen LogP contribution in [0.15, 0.2) is 24.3 Å². The maximum atomic E-state index is 11.7. The van der Waals surface area contributed by atoms with Gasteiger partial charge >= 0.3 is 0 Å². The third-order valence-corrected chi connectivity index (χ3v) is 3.42. The van der Waals surface area contributed by atoms with Crippen molar-refractivity contribution in [1.29, 1.82) is 0 Å². The number of rotatable bonds is 6. The Hall–Kier alpha value is -1.01. The summed E-state index contributed by atoms with van der Waals surface area (Å²) < 4.78 is 5.39. The topological polar surface area (TPSA) is 53.6 Å². The second-order valence-corrected chi connectivity index (χ2v) is 4.86. The van der Waals surface area contributed by atoms with Gasteiger partial charge in [0.15, 0.2) is 0 Å². The lowest BCUT2D eigenvalue weighted by Gasteiger charge is -2.30. The number of nitrogens with zero attached hydrogens (tertiary/aromatic N) is 1. The van der Waals surface area contributed by atoms with Crippen molar-refractivity contribution in [3.8, 4) is 0 Å². The largest absolute Gasteiger partial charge is 0.378 e. The first-order valence-electron chi connectivity index (χ1n) is 7.13. The minimum absolute atomic E-state index is 0. The fourth-order valence-electron chi connectivity index (χ4n) is 2.29. The van der Waals surface area contributed by atoms with Crippen molar-refractivity contribution >= 4 is 36.4 Å². The lowest BCUT2D eigenvalue weighted by molar-refractivity contribution is -0.121. The van der Waals surface area contributed by atoms with E-state index in [0.29, 0.717) is 19.5 Å². The highest BCUT2D eigenvalue weighted by Gasteiger charge is 2.14. The van der Waals surface area contributed by atoms with Gasteiger partial charge in [0.1, 0.15) is 0 Å². The van der Waals surface area contributed by atoms with Crippen LogP contribution in [0.2, 0.25) is 0 Å². The standard InChI is InChI=1S/C15H23N3O2.2ClH/c1-16-7-6-15(19)17-12-13-4-2-3-5-14(13)18-8-10-20-11-9-18;;/h2-5,16H,6-12H2,1H3,(H,17,19);2*1H. The molecule has 0 aromatic heterocycles. The number of hydrogen-bond donors (Lipinski definition) is 2. The van der Waals surface area contributed by atoms with Crippen LogP contribution < -0.4 is 15.5 Å². The van der Waals surface area contributed by atoms with Crippen molar-refractivity contribution in [1.82, 2.24) is 10.6 Å².